The number of carbonyl (C=O) groups is 3. The highest BCUT2D eigenvalue weighted by Gasteiger charge is 2.52. The number of nitrogens with two attached hydrogens (primary N) is 1. The molecule has 2 aliphatic heterocycles. The molecule has 11 nitrogen and oxygen atoms in total. The summed E-state index contributed by atoms with van der Waals surface area (Å²) in [6, 6.07) is 2.69. The summed E-state index contributed by atoms with van der Waals surface area (Å²) >= 11 is 1.14. The number of amides is 2. The van der Waals surface area contributed by atoms with Crippen LogP contribution in [-0.4, -0.2) is 52.6 Å². The first-order valence-corrected chi connectivity index (χ1v) is 12.2. The lowest BCUT2D eigenvalue weighted by atomic mass is 9.83. The zero-order valence-electron chi connectivity index (χ0n) is 19.0. The number of carboxylic acid groups (broad SMARTS) is 1. The van der Waals surface area contributed by atoms with Crippen molar-refractivity contribution in [2.75, 3.05) is 12.8 Å². The zero-order valence-corrected chi connectivity index (χ0v) is 19.8. The van der Waals surface area contributed by atoms with Crippen LogP contribution in [0.4, 0.5) is 5.13 Å². The van der Waals surface area contributed by atoms with Gasteiger partial charge in [-0.1, -0.05) is 5.16 Å². The van der Waals surface area contributed by atoms with Crippen molar-refractivity contribution < 1.29 is 28.9 Å². The van der Waals surface area contributed by atoms with E-state index in [9.17, 15) is 19.5 Å². The zero-order chi connectivity index (χ0) is 24.7. The smallest absolute Gasteiger partial charge is 0.276 e. The van der Waals surface area contributed by atoms with Gasteiger partial charge in [-0.15, -0.1) is 11.3 Å². The molecule has 2 atom stereocenters. The lowest BCUT2D eigenvalue weighted by Gasteiger charge is -2.51. The third-order valence-electron chi connectivity index (χ3n) is 6.68. The molecule has 2 aromatic heterocycles. The van der Waals surface area contributed by atoms with Gasteiger partial charge in [0.2, 0.25) is 0 Å². The number of hydrogen-bond donors (Lipinski definition) is 2. The lowest BCUT2D eigenvalue weighted by Crippen LogP contribution is -2.72. The summed E-state index contributed by atoms with van der Waals surface area (Å²) < 4.78 is 2.07. The molecule has 1 fully saturated rings. The number of pyridine rings is 1. The number of hydrogen-bond acceptors (Lipinski definition) is 9. The fourth-order valence-electron chi connectivity index (χ4n) is 5.15. The summed E-state index contributed by atoms with van der Waals surface area (Å²) in [6.45, 7) is 0.385. The van der Waals surface area contributed by atoms with E-state index in [2.05, 4.69) is 26.1 Å². The maximum Gasteiger partial charge on any atom is 0.276 e. The second-order valence-electron chi connectivity index (χ2n) is 8.66. The van der Waals surface area contributed by atoms with Crippen molar-refractivity contribution in [3.8, 4) is 0 Å². The monoisotopic (exact) mass is 496 g/mol. The Balaban J connectivity index is 1.36. The Morgan fingerprint density at radius 2 is 2.23 bits per heavy atom. The van der Waals surface area contributed by atoms with Crippen molar-refractivity contribution >= 4 is 40.0 Å². The Kier molecular flexibility index (Phi) is 5.97. The molecule has 12 heteroatoms. The lowest BCUT2D eigenvalue weighted by molar-refractivity contribution is -0.696. The minimum atomic E-state index is -1.39. The number of nitrogens with zero attached hydrogens (tertiary/aromatic N) is 4. The number of carboxylic acids is 1. The first kappa shape index (κ1) is 23.0. The SMILES string of the molecule is CON=C(C(=O)N[C@@H]1C(=O)N2C(C(=O)[O-])=C(C[n+]3cccc4c3CCC4)CC[C@H]12)c1csc(N)n1. The van der Waals surface area contributed by atoms with Crippen LogP contribution in [0.3, 0.4) is 0 Å². The molecule has 4 heterocycles. The molecular weight excluding hydrogens is 472 g/mol. The topological polar surface area (TPSA) is 154 Å². The Morgan fingerprint density at radius 1 is 1.40 bits per heavy atom. The fourth-order valence-corrected chi connectivity index (χ4v) is 5.70. The number of anilines is 1. The average Bonchev–Trinajstić information content (AvgIpc) is 3.49. The molecule has 1 aliphatic carbocycles. The molecule has 35 heavy (non-hydrogen) atoms. The molecule has 2 amide bonds. The summed E-state index contributed by atoms with van der Waals surface area (Å²) in [7, 11) is 1.29. The van der Waals surface area contributed by atoms with Gasteiger partial charge in [-0.3, -0.25) is 9.59 Å². The molecule has 0 radical (unpaired) electrons. The fraction of sp³-hybridized carbons (Fsp3) is 0.391. The molecule has 3 N–H and O–H groups in total. The van der Waals surface area contributed by atoms with Gasteiger partial charge in [-0.05, 0) is 31.7 Å². The molecule has 3 aliphatic rings. The molecule has 0 aromatic carbocycles. The van der Waals surface area contributed by atoms with Crippen LogP contribution in [0.15, 0.2) is 40.1 Å². The number of nitrogens with one attached hydrogen (secondary N) is 1. The Morgan fingerprint density at radius 3 is 2.94 bits per heavy atom. The highest BCUT2D eigenvalue weighted by Crippen LogP contribution is 2.36. The van der Waals surface area contributed by atoms with Crippen molar-refractivity contribution in [1.82, 2.24) is 15.2 Å². The Labute approximate surface area is 204 Å². The molecule has 5 rings (SSSR count). The predicted octanol–water partition coefficient (Wildman–Crippen LogP) is -0.954. The van der Waals surface area contributed by atoms with E-state index in [1.807, 2.05) is 12.3 Å². The van der Waals surface area contributed by atoms with E-state index >= 15 is 0 Å². The van der Waals surface area contributed by atoms with Gasteiger partial charge in [0.1, 0.15) is 18.8 Å². The second-order valence-corrected chi connectivity index (χ2v) is 9.55. The third kappa shape index (κ3) is 4.03. The maximum atomic E-state index is 13.0. The number of carbonyl (C=O) groups excluding carboxylic acids is 3. The minimum Gasteiger partial charge on any atom is -0.543 e. The van der Waals surface area contributed by atoms with Crippen LogP contribution in [0.25, 0.3) is 0 Å². The largest absolute Gasteiger partial charge is 0.543 e. The van der Waals surface area contributed by atoms with Crippen LogP contribution >= 0.6 is 11.3 Å². The van der Waals surface area contributed by atoms with Crippen LogP contribution in [0, 0.1) is 0 Å². The molecule has 0 bridgehead atoms. The summed E-state index contributed by atoms with van der Waals surface area (Å²) in [5.41, 5.74) is 8.78. The van der Waals surface area contributed by atoms with E-state index in [0.717, 1.165) is 30.6 Å². The number of nitrogen functional groups attached to an aromatic ring is 1. The van der Waals surface area contributed by atoms with Crippen LogP contribution in [-0.2, 0) is 38.6 Å². The number of β-lactam (4-membered cyclic amide) rings is 1. The second kappa shape index (κ2) is 9.10. The number of thiazole rings is 1. The summed E-state index contributed by atoms with van der Waals surface area (Å²) in [5.74, 6) is -2.55. The number of fused-ring (bicyclic) bond motifs is 2. The van der Waals surface area contributed by atoms with Gasteiger partial charge in [-0.25, -0.2) is 4.98 Å². The minimum absolute atomic E-state index is 0.0992. The Bertz CT molecular complexity index is 1280. The molecule has 0 saturated carbocycles. The maximum absolute atomic E-state index is 13.0. The number of rotatable bonds is 7. The third-order valence-corrected chi connectivity index (χ3v) is 7.36. The van der Waals surface area contributed by atoms with Crippen molar-refractivity contribution in [3.63, 3.8) is 0 Å². The van der Waals surface area contributed by atoms with Crippen molar-refractivity contribution in [2.45, 2.75) is 50.7 Å². The molecule has 182 valence electrons. The van der Waals surface area contributed by atoms with Gasteiger partial charge in [0.25, 0.3) is 11.8 Å². The number of aryl methyl sites for hydroxylation is 1. The predicted molar refractivity (Wildman–Crippen MR) is 123 cm³/mol. The molecule has 0 spiro atoms. The standard InChI is InChI=1S/C23H24N6O5S/c1-34-27-17(14-11-35-23(24)25-14)20(30)26-18-16-8-7-13(19(22(32)33)29(16)21(18)31)10-28-9-3-5-12-4-2-6-15(12)28/h3,5,9,11,16,18H,2,4,6-8,10H2,1H3,(H3-,24,25,26,30,32,33)/t16-,18+/m1/s1. The summed E-state index contributed by atoms with van der Waals surface area (Å²) in [6.07, 6.45) is 5.96. The van der Waals surface area contributed by atoms with E-state index < -0.39 is 29.9 Å². The number of allylic oxidation sites excluding steroid dienone is 1. The molecule has 2 aromatic rings. The van der Waals surface area contributed by atoms with E-state index in [1.165, 1.54) is 23.3 Å². The van der Waals surface area contributed by atoms with Crippen LogP contribution in [0.2, 0.25) is 0 Å². The average molecular weight is 497 g/mol. The van der Waals surface area contributed by atoms with Gasteiger partial charge < -0.3 is 30.7 Å². The highest BCUT2D eigenvalue weighted by molar-refractivity contribution is 7.13. The van der Waals surface area contributed by atoms with E-state index in [1.54, 1.807) is 5.38 Å². The van der Waals surface area contributed by atoms with Gasteiger partial charge >= 0.3 is 0 Å². The van der Waals surface area contributed by atoms with E-state index in [-0.39, 0.29) is 22.2 Å². The van der Waals surface area contributed by atoms with Crippen LogP contribution in [0.5, 0.6) is 0 Å². The highest BCUT2D eigenvalue weighted by atomic mass is 32.1. The van der Waals surface area contributed by atoms with Gasteiger partial charge in [-0.2, -0.15) is 4.57 Å². The van der Waals surface area contributed by atoms with Gasteiger partial charge in [0.05, 0.1) is 17.7 Å². The van der Waals surface area contributed by atoms with Crippen LogP contribution in [0.1, 0.15) is 36.2 Å². The first-order valence-electron chi connectivity index (χ1n) is 11.3. The molecular formula is C23H24N6O5S. The number of oxime groups is 1. The summed E-state index contributed by atoms with van der Waals surface area (Å²) in [4.78, 5) is 48.1. The quantitative estimate of drug-likeness (QED) is 0.217. The number of aromatic nitrogens is 2. The Hall–Kier alpha value is -3.80. The first-order chi connectivity index (χ1) is 16.9. The van der Waals surface area contributed by atoms with E-state index in [0.29, 0.717) is 25.0 Å². The summed E-state index contributed by atoms with van der Waals surface area (Å²) in [5, 5.41) is 20.3. The molecule has 1 saturated heterocycles. The molecule has 0 unspecified atom stereocenters. The van der Waals surface area contributed by atoms with Crippen molar-refractivity contribution in [2.24, 2.45) is 5.16 Å². The van der Waals surface area contributed by atoms with Gasteiger partial charge in [0, 0.05) is 29.0 Å². The number of aliphatic carboxylic acids is 1. The van der Waals surface area contributed by atoms with Gasteiger partial charge in [0.15, 0.2) is 29.3 Å². The van der Waals surface area contributed by atoms with Crippen molar-refractivity contribution in [1.29, 1.82) is 0 Å². The van der Waals surface area contributed by atoms with Crippen LogP contribution < -0.4 is 20.7 Å². The van der Waals surface area contributed by atoms with Crippen molar-refractivity contribution in [3.05, 3.63) is 51.9 Å². The normalized spacial score (nSPS) is 21.3. The van der Waals surface area contributed by atoms with E-state index in [4.69, 9.17) is 10.6 Å².